The SMILES string of the molecule is CC(Cc1ccc(C(F)(F)F)cc1)C(=O)N1CCC(N)C(C)(C)C1.Cl. The highest BCUT2D eigenvalue weighted by atomic mass is 35.5. The Kier molecular flexibility index (Phi) is 6.93. The summed E-state index contributed by atoms with van der Waals surface area (Å²) in [6.07, 6.45) is -3.14. The molecule has 0 aromatic heterocycles. The molecular formula is C18H26ClF3N2O. The lowest BCUT2D eigenvalue weighted by molar-refractivity contribution is -0.139. The maximum Gasteiger partial charge on any atom is 0.416 e. The van der Waals surface area contributed by atoms with Crippen LogP contribution < -0.4 is 5.73 Å². The Bertz CT molecular complexity index is 587. The van der Waals surface area contributed by atoms with Crippen LogP contribution in [0.5, 0.6) is 0 Å². The first-order valence-electron chi connectivity index (χ1n) is 8.21. The lowest BCUT2D eigenvalue weighted by Gasteiger charge is -2.43. The van der Waals surface area contributed by atoms with Gasteiger partial charge in [-0.1, -0.05) is 32.9 Å². The summed E-state index contributed by atoms with van der Waals surface area (Å²) in [4.78, 5) is 14.5. The summed E-state index contributed by atoms with van der Waals surface area (Å²) >= 11 is 0. The van der Waals surface area contributed by atoms with E-state index in [-0.39, 0.29) is 35.7 Å². The van der Waals surface area contributed by atoms with E-state index < -0.39 is 11.7 Å². The average Bonchev–Trinajstić information content (AvgIpc) is 2.48. The van der Waals surface area contributed by atoms with Crippen molar-refractivity contribution < 1.29 is 18.0 Å². The number of nitrogens with two attached hydrogens (primary N) is 1. The van der Waals surface area contributed by atoms with Crippen molar-refractivity contribution in [1.29, 1.82) is 0 Å². The van der Waals surface area contributed by atoms with E-state index in [9.17, 15) is 18.0 Å². The first-order valence-corrected chi connectivity index (χ1v) is 8.21. The van der Waals surface area contributed by atoms with E-state index in [4.69, 9.17) is 5.73 Å². The molecule has 1 aliphatic rings. The van der Waals surface area contributed by atoms with E-state index in [0.29, 0.717) is 19.5 Å². The topological polar surface area (TPSA) is 46.3 Å². The van der Waals surface area contributed by atoms with Crippen LogP contribution in [-0.4, -0.2) is 29.9 Å². The molecule has 0 spiro atoms. The predicted molar refractivity (Wildman–Crippen MR) is 94.5 cm³/mol. The molecule has 1 fully saturated rings. The number of amides is 1. The maximum atomic E-state index is 12.6. The molecule has 0 saturated carbocycles. The van der Waals surface area contributed by atoms with Crippen LogP contribution in [0.2, 0.25) is 0 Å². The van der Waals surface area contributed by atoms with E-state index in [1.165, 1.54) is 12.1 Å². The van der Waals surface area contributed by atoms with Crippen LogP contribution >= 0.6 is 12.4 Å². The molecule has 1 heterocycles. The largest absolute Gasteiger partial charge is 0.416 e. The summed E-state index contributed by atoms with van der Waals surface area (Å²) in [6, 6.07) is 5.10. The smallest absolute Gasteiger partial charge is 0.342 e. The molecule has 2 rings (SSSR count). The standard InChI is InChI=1S/C18H25F3N2O.ClH/c1-12(10-13-4-6-14(7-5-13)18(19,20)21)16(24)23-9-8-15(22)17(2,3)11-23;/h4-7,12,15H,8-11,22H2,1-3H3;1H. The van der Waals surface area contributed by atoms with Gasteiger partial charge in [0, 0.05) is 25.0 Å². The lowest BCUT2D eigenvalue weighted by atomic mass is 9.79. The number of rotatable bonds is 3. The van der Waals surface area contributed by atoms with Crippen LogP contribution in [0.15, 0.2) is 24.3 Å². The minimum absolute atomic E-state index is 0. The van der Waals surface area contributed by atoms with E-state index >= 15 is 0 Å². The Labute approximate surface area is 153 Å². The van der Waals surface area contributed by atoms with Gasteiger partial charge >= 0.3 is 6.18 Å². The van der Waals surface area contributed by atoms with Crippen LogP contribution in [-0.2, 0) is 17.4 Å². The van der Waals surface area contributed by atoms with Gasteiger partial charge in [0.25, 0.3) is 0 Å². The molecule has 25 heavy (non-hydrogen) atoms. The molecule has 1 amide bonds. The zero-order valence-corrected chi connectivity index (χ0v) is 15.6. The summed E-state index contributed by atoms with van der Waals surface area (Å²) in [7, 11) is 0. The maximum absolute atomic E-state index is 12.6. The Morgan fingerprint density at radius 1 is 1.32 bits per heavy atom. The van der Waals surface area contributed by atoms with Crippen LogP contribution in [0.4, 0.5) is 13.2 Å². The molecule has 2 atom stereocenters. The zero-order valence-electron chi connectivity index (χ0n) is 14.8. The molecule has 0 aliphatic carbocycles. The second kappa shape index (κ2) is 7.96. The van der Waals surface area contributed by atoms with Crippen LogP contribution in [0, 0.1) is 11.3 Å². The number of likely N-dealkylation sites (tertiary alicyclic amines) is 1. The summed E-state index contributed by atoms with van der Waals surface area (Å²) in [5.41, 5.74) is 6.03. The molecular weight excluding hydrogens is 353 g/mol. The van der Waals surface area contributed by atoms with Gasteiger partial charge in [0.15, 0.2) is 0 Å². The van der Waals surface area contributed by atoms with Gasteiger partial charge in [0.2, 0.25) is 5.91 Å². The molecule has 2 N–H and O–H groups in total. The third kappa shape index (κ3) is 5.35. The number of hydrogen-bond acceptors (Lipinski definition) is 2. The summed E-state index contributed by atoms with van der Waals surface area (Å²) < 4.78 is 37.8. The van der Waals surface area contributed by atoms with Crippen molar-refractivity contribution >= 4 is 18.3 Å². The highest BCUT2D eigenvalue weighted by molar-refractivity contribution is 5.85. The van der Waals surface area contributed by atoms with Gasteiger partial charge in [0.1, 0.15) is 0 Å². The molecule has 1 aliphatic heterocycles. The molecule has 142 valence electrons. The van der Waals surface area contributed by atoms with Crippen LogP contribution in [0.3, 0.4) is 0 Å². The van der Waals surface area contributed by atoms with Crippen molar-refractivity contribution in [2.75, 3.05) is 13.1 Å². The van der Waals surface area contributed by atoms with Gasteiger partial charge in [-0.25, -0.2) is 0 Å². The molecule has 3 nitrogen and oxygen atoms in total. The highest BCUT2D eigenvalue weighted by Crippen LogP contribution is 2.30. The van der Waals surface area contributed by atoms with Crippen molar-refractivity contribution in [2.45, 2.75) is 45.8 Å². The monoisotopic (exact) mass is 378 g/mol. The van der Waals surface area contributed by atoms with E-state index in [0.717, 1.165) is 24.1 Å². The number of halogens is 4. The fourth-order valence-corrected chi connectivity index (χ4v) is 3.14. The molecule has 1 aromatic rings. The Morgan fingerprint density at radius 3 is 2.36 bits per heavy atom. The lowest BCUT2D eigenvalue weighted by Crippen LogP contribution is -2.55. The van der Waals surface area contributed by atoms with Crippen molar-refractivity contribution in [2.24, 2.45) is 17.1 Å². The number of hydrogen-bond donors (Lipinski definition) is 1. The fourth-order valence-electron chi connectivity index (χ4n) is 3.14. The number of carbonyl (C=O) groups is 1. The van der Waals surface area contributed by atoms with E-state index in [2.05, 4.69) is 13.8 Å². The van der Waals surface area contributed by atoms with Gasteiger partial charge in [-0.2, -0.15) is 13.2 Å². The third-order valence-electron chi connectivity index (χ3n) is 4.87. The first kappa shape index (κ1) is 21.8. The van der Waals surface area contributed by atoms with Gasteiger partial charge in [-0.3, -0.25) is 4.79 Å². The fraction of sp³-hybridized carbons (Fsp3) is 0.611. The van der Waals surface area contributed by atoms with E-state index in [1.807, 2.05) is 11.8 Å². The minimum atomic E-state index is -4.34. The van der Waals surface area contributed by atoms with Crippen molar-refractivity contribution in [1.82, 2.24) is 4.90 Å². The van der Waals surface area contributed by atoms with Crippen molar-refractivity contribution in [3.05, 3.63) is 35.4 Å². The number of piperidine rings is 1. The van der Waals surface area contributed by atoms with Gasteiger partial charge in [-0.15, -0.1) is 12.4 Å². The predicted octanol–water partition coefficient (Wildman–Crippen LogP) is 3.89. The Hall–Kier alpha value is -1.27. The van der Waals surface area contributed by atoms with Crippen molar-refractivity contribution in [3.8, 4) is 0 Å². The quantitative estimate of drug-likeness (QED) is 0.867. The molecule has 1 saturated heterocycles. The number of benzene rings is 1. The number of carbonyl (C=O) groups excluding carboxylic acids is 1. The normalized spacial score (nSPS) is 21.4. The van der Waals surface area contributed by atoms with E-state index in [1.54, 1.807) is 0 Å². The van der Waals surface area contributed by atoms with Gasteiger partial charge in [0.05, 0.1) is 5.56 Å². The molecule has 2 unspecified atom stereocenters. The second-order valence-electron chi connectivity index (χ2n) is 7.44. The number of nitrogens with zero attached hydrogens (tertiary/aromatic N) is 1. The molecule has 0 radical (unpaired) electrons. The average molecular weight is 379 g/mol. The Morgan fingerprint density at radius 2 is 1.88 bits per heavy atom. The first-order chi connectivity index (χ1) is 11.0. The van der Waals surface area contributed by atoms with Gasteiger partial charge < -0.3 is 10.6 Å². The van der Waals surface area contributed by atoms with Gasteiger partial charge in [-0.05, 0) is 36.0 Å². The summed E-state index contributed by atoms with van der Waals surface area (Å²) in [6.45, 7) is 7.18. The highest BCUT2D eigenvalue weighted by Gasteiger charge is 2.36. The Balaban J connectivity index is 0.00000312. The van der Waals surface area contributed by atoms with Crippen LogP contribution in [0.1, 0.15) is 38.3 Å². The second-order valence-corrected chi connectivity index (χ2v) is 7.44. The van der Waals surface area contributed by atoms with Crippen molar-refractivity contribution in [3.63, 3.8) is 0 Å². The summed E-state index contributed by atoms with van der Waals surface area (Å²) in [5, 5.41) is 0. The van der Waals surface area contributed by atoms with Crippen LogP contribution in [0.25, 0.3) is 0 Å². The minimum Gasteiger partial charge on any atom is -0.342 e. The molecule has 0 bridgehead atoms. The zero-order chi connectivity index (χ0) is 18.1. The number of alkyl halides is 3. The molecule has 7 heteroatoms. The molecule has 1 aromatic carbocycles. The summed E-state index contributed by atoms with van der Waals surface area (Å²) in [5.74, 6) is -0.235. The third-order valence-corrected chi connectivity index (χ3v) is 4.87.